The number of rotatable bonds is 4. The van der Waals surface area contributed by atoms with E-state index < -0.39 is 11.8 Å². The molecule has 0 aromatic heterocycles. The van der Waals surface area contributed by atoms with Crippen LogP contribution in [0, 0.1) is 5.41 Å². The molecular weight excluding hydrogens is 216 g/mol. The Morgan fingerprint density at radius 1 is 1.33 bits per heavy atom. The van der Waals surface area contributed by atoms with E-state index in [4.69, 9.17) is 11.6 Å². The van der Waals surface area contributed by atoms with Crippen molar-refractivity contribution < 1.29 is 14.3 Å². The van der Waals surface area contributed by atoms with Gasteiger partial charge in [-0.1, -0.05) is 26.8 Å². The van der Waals surface area contributed by atoms with Crippen LogP contribution in [-0.2, 0) is 14.3 Å². The van der Waals surface area contributed by atoms with E-state index in [-0.39, 0.29) is 16.9 Å². The molecular formula is C11H17ClO3. The molecule has 0 rings (SSSR count). The molecule has 4 heteroatoms. The molecule has 86 valence electrons. The lowest BCUT2D eigenvalue weighted by Gasteiger charge is -2.15. The number of ketones is 1. The van der Waals surface area contributed by atoms with Crippen molar-refractivity contribution in [1.82, 2.24) is 0 Å². The van der Waals surface area contributed by atoms with Crippen LogP contribution in [0.25, 0.3) is 0 Å². The highest BCUT2D eigenvalue weighted by Gasteiger charge is 2.19. The summed E-state index contributed by atoms with van der Waals surface area (Å²) in [4.78, 5) is 22.6. The maximum absolute atomic E-state index is 11.3. The van der Waals surface area contributed by atoms with E-state index in [1.54, 1.807) is 6.08 Å². The average molecular weight is 233 g/mol. The minimum atomic E-state index is -0.620. The van der Waals surface area contributed by atoms with Crippen molar-refractivity contribution in [1.29, 1.82) is 0 Å². The van der Waals surface area contributed by atoms with Crippen molar-refractivity contribution in [2.45, 2.75) is 27.2 Å². The third-order valence-electron chi connectivity index (χ3n) is 1.75. The molecule has 0 aromatic rings. The number of carbonyl (C=O) groups excluding carboxylic acids is 2. The quantitative estimate of drug-likeness (QED) is 0.246. The van der Waals surface area contributed by atoms with E-state index >= 15 is 0 Å². The zero-order chi connectivity index (χ0) is 12.1. The van der Waals surface area contributed by atoms with Gasteiger partial charge in [-0.3, -0.25) is 4.79 Å². The maximum Gasteiger partial charge on any atom is 0.341 e. The molecule has 0 amide bonds. The van der Waals surface area contributed by atoms with Crippen molar-refractivity contribution >= 4 is 23.4 Å². The number of alkyl halides is 1. The first kappa shape index (κ1) is 14.2. The van der Waals surface area contributed by atoms with Crippen LogP contribution in [-0.4, -0.2) is 24.7 Å². The van der Waals surface area contributed by atoms with Crippen molar-refractivity contribution in [3.63, 3.8) is 0 Å². The topological polar surface area (TPSA) is 43.4 Å². The van der Waals surface area contributed by atoms with Gasteiger partial charge in [0, 0.05) is 0 Å². The van der Waals surface area contributed by atoms with E-state index in [0.29, 0.717) is 6.42 Å². The molecule has 0 N–H and O–H groups in total. The van der Waals surface area contributed by atoms with E-state index in [1.807, 2.05) is 20.8 Å². The van der Waals surface area contributed by atoms with E-state index in [9.17, 15) is 9.59 Å². The Kier molecular flexibility index (Phi) is 5.58. The van der Waals surface area contributed by atoms with E-state index in [0.717, 1.165) is 0 Å². The second-order valence-corrected chi connectivity index (χ2v) is 4.70. The smallest absolute Gasteiger partial charge is 0.341 e. The number of esters is 1. The van der Waals surface area contributed by atoms with Crippen molar-refractivity contribution in [2.75, 3.05) is 13.0 Å². The Hall–Kier alpha value is -0.830. The molecule has 0 radical (unpaired) electrons. The monoisotopic (exact) mass is 232 g/mol. The third kappa shape index (κ3) is 5.57. The van der Waals surface area contributed by atoms with Gasteiger partial charge in [0.15, 0.2) is 5.78 Å². The van der Waals surface area contributed by atoms with E-state index in [2.05, 4.69) is 4.74 Å². The number of hydrogen-bond donors (Lipinski definition) is 0. The standard InChI is InChI=1S/C11H17ClO3/c1-11(2,3)6-5-8(9(13)7-12)10(14)15-4/h5H,6-7H2,1-4H3/b8-5-. The van der Waals surface area contributed by atoms with Gasteiger partial charge in [0.05, 0.1) is 18.6 Å². The zero-order valence-corrected chi connectivity index (χ0v) is 10.4. The number of ether oxygens (including phenoxy) is 1. The summed E-state index contributed by atoms with van der Waals surface area (Å²) in [6.07, 6.45) is 2.22. The average Bonchev–Trinajstić information content (AvgIpc) is 2.15. The molecule has 0 aliphatic heterocycles. The highest BCUT2D eigenvalue weighted by atomic mass is 35.5. The Balaban J connectivity index is 4.79. The minimum Gasteiger partial charge on any atom is -0.465 e. The predicted molar refractivity (Wildman–Crippen MR) is 59.9 cm³/mol. The molecule has 0 aliphatic carbocycles. The largest absolute Gasteiger partial charge is 0.465 e. The van der Waals surface area contributed by atoms with Gasteiger partial charge in [-0.15, -0.1) is 11.6 Å². The molecule has 0 saturated carbocycles. The summed E-state index contributed by atoms with van der Waals surface area (Å²) in [5.41, 5.74) is 0.0636. The summed E-state index contributed by atoms with van der Waals surface area (Å²) in [5.74, 6) is -1.22. The fourth-order valence-electron chi connectivity index (χ4n) is 0.901. The molecule has 3 nitrogen and oxygen atoms in total. The first-order valence-corrected chi connectivity index (χ1v) is 5.23. The minimum absolute atomic E-state index is 0.0197. The van der Waals surface area contributed by atoms with Gasteiger partial charge in [0.25, 0.3) is 0 Å². The van der Waals surface area contributed by atoms with Crippen LogP contribution in [0.4, 0.5) is 0 Å². The van der Waals surface area contributed by atoms with Gasteiger partial charge in [-0.05, 0) is 11.8 Å². The highest BCUT2D eigenvalue weighted by molar-refractivity contribution is 6.34. The van der Waals surface area contributed by atoms with Crippen molar-refractivity contribution in [2.24, 2.45) is 5.41 Å². The molecule has 0 fully saturated rings. The first-order valence-electron chi connectivity index (χ1n) is 4.69. The van der Waals surface area contributed by atoms with E-state index in [1.165, 1.54) is 7.11 Å². The second kappa shape index (κ2) is 5.91. The molecule has 0 aromatic carbocycles. The first-order chi connectivity index (χ1) is 6.81. The fourth-order valence-corrected chi connectivity index (χ4v) is 1.05. The number of Topliss-reactive ketones (excluding diaryl/α,β-unsaturated/α-hetero) is 1. The molecule has 0 spiro atoms. The van der Waals surface area contributed by atoms with Crippen LogP contribution in [0.15, 0.2) is 11.6 Å². The van der Waals surface area contributed by atoms with Crippen LogP contribution in [0.1, 0.15) is 27.2 Å². The normalized spacial score (nSPS) is 12.5. The molecule has 0 bridgehead atoms. The predicted octanol–water partition coefficient (Wildman–Crippen LogP) is 2.33. The highest BCUT2D eigenvalue weighted by Crippen LogP contribution is 2.20. The molecule has 0 atom stereocenters. The Bertz CT molecular complexity index is 256. The number of halogens is 1. The van der Waals surface area contributed by atoms with Gasteiger partial charge >= 0.3 is 5.97 Å². The zero-order valence-electron chi connectivity index (χ0n) is 9.59. The summed E-state index contributed by atoms with van der Waals surface area (Å²) in [5, 5.41) is 0. The number of allylic oxidation sites excluding steroid dienone is 1. The summed E-state index contributed by atoms with van der Waals surface area (Å²) >= 11 is 5.40. The van der Waals surface area contributed by atoms with Crippen LogP contribution < -0.4 is 0 Å². The Morgan fingerprint density at radius 3 is 2.20 bits per heavy atom. The number of methoxy groups -OCH3 is 1. The summed E-state index contributed by atoms with van der Waals surface area (Å²) in [6.45, 7) is 6.05. The third-order valence-corrected chi connectivity index (χ3v) is 1.99. The van der Waals surface area contributed by atoms with Crippen LogP contribution in [0.2, 0.25) is 0 Å². The van der Waals surface area contributed by atoms with Gasteiger partial charge in [-0.2, -0.15) is 0 Å². The van der Waals surface area contributed by atoms with Crippen LogP contribution in [0.5, 0.6) is 0 Å². The Morgan fingerprint density at radius 2 is 1.87 bits per heavy atom. The van der Waals surface area contributed by atoms with Crippen molar-refractivity contribution in [3.05, 3.63) is 11.6 Å². The second-order valence-electron chi connectivity index (χ2n) is 4.43. The molecule has 0 heterocycles. The fraction of sp³-hybridized carbons (Fsp3) is 0.636. The van der Waals surface area contributed by atoms with Gasteiger partial charge < -0.3 is 4.74 Å². The van der Waals surface area contributed by atoms with Crippen LogP contribution >= 0.6 is 11.6 Å². The summed E-state index contributed by atoms with van der Waals surface area (Å²) in [6, 6.07) is 0. The van der Waals surface area contributed by atoms with Gasteiger partial charge in [-0.25, -0.2) is 4.79 Å². The van der Waals surface area contributed by atoms with Crippen LogP contribution in [0.3, 0.4) is 0 Å². The maximum atomic E-state index is 11.3. The molecule has 0 aliphatic rings. The molecule has 0 saturated heterocycles. The lowest BCUT2D eigenvalue weighted by atomic mass is 9.91. The SMILES string of the molecule is COC(=O)/C(=C\CC(C)(C)C)C(=O)CCl. The van der Waals surface area contributed by atoms with Crippen molar-refractivity contribution in [3.8, 4) is 0 Å². The number of carbonyl (C=O) groups is 2. The van der Waals surface area contributed by atoms with Gasteiger partial charge in [0.2, 0.25) is 0 Å². The molecule has 15 heavy (non-hydrogen) atoms. The lowest BCUT2D eigenvalue weighted by molar-refractivity contribution is -0.137. The van der Waals surface area contributed by atoms with Gasteiger partial charge in [0.1, 0.15) is 0 Å². The summed E-state index contributed by atoms with van der Waals surface area (Å²) < 4.78 is 4.51. The lowest BCUT2D eigenvalue weighted by Crippen LogP contribution is -2.16. The number of hydrogen-bond acceptors (Lipinski definition) is 3. The molecule has 0 unspecified atom stereocenters. The Labute approximate surface area is 95.4 Å². The summed E-state index contributed by atoms with van der Waals surface area (Å²) in [7, 11) is 1.24.